The summed E-state index contributed by atoms with van der Waals surface area (Å²) in [6, 6.07) is 15.8. The van der Waals surface area contributed by atoms with Gasteiger partial charge in [0.2, 0.25) is 5.91 Å². The number of nitrogens with zero attached hydrogens (tertiary/aromatic N) is 1. The van der Waals surface area contributed by atoms with Crippen LogP contribution in [0.4, 0.5) is 5.13 Å². The smallest absolute Gasteiger partial charge is 0.226 e. The summed E-state index contributed by atoms with van der Waals surface area (Å²) >= 11 is 3.18. The van der Waals surface area contributed by atoms with Crippen LogP contribution in [0.2, 0.25) is 0 Å². The minimum absolute atomic E-state index is 0.00505. The van der Waals surface area contributed by atoms with Gasteiger partial charge in [-0.15, -0.1) is 23.1 Å². The zero-order chi connectivity index (χ0) is 21.2. The lowest BCUT2D eigenvalue weighted by Gasteiger charge is -2.05. The number of methoxy groups -OCH3 is 1. The van der Waals surface area contributed by atoms with E-state index in [1.165, 1.54) is 16.2 Å². The van der Waals surface area contributed by atoms with Gasteiger partial charge in [0.15, 0.2) is 5.13 Å². The molecule has 5 nitrogen and oxygen atoms in total. The molecule has 1 N–H and O–H groups in total. The summed E-state index contributed by atoms with van der Waals surface area (Å²) in [7, 11) is 1.66. The van der Waals surface area contributed by atoms with E-state index in [2.05, 4.69) is 17.2 Å². The Balaban J connectivity index is 1.41. The quantitative estimate of drug-likeness (QED) is 0.286. The fraction of sp³-hybridized carbons (Fsp3) is 0.304. The molecule has 0 saturated heterocycles. The molecule has 0 atom stereocenters. The number of hydrogen-bond donors (Lipinski definition) is 1. The first-order valence-corrected chi connectivity index (χ1v) is 11.8. The first-order valence-electron chi connectivity index (χ1n) is 9.93. The van der Waals surface area contributed by atoms with E-state index in [9.17, 15) is 4.79 Å². The van der Waals surface area contributed by atoms with Crippen molar-refractivity contribution in [2.24, 2.45) is 0 Å². The van der Waals surface area contributed by atoms with Gasteiger partial charge in [0.05, 0.1) is 19.4 Å². The van der Waals surface area contributed by atoms with Crippen molar-refractivity contribution in [2.45, 2.75) is 31.1 Å². The van der Waals surface area contributed by atoms with Crippen LogP contribution in [0.3, 0.4) is 0 Å². The first kappa shape index (κ1) is 22.2. The van der Waals surface area contributed by atoms with E-state index >= 15 is 0 Å². The number of anilines is 1. The van der Waals surface area contributed by atoms with Gasteiger partial charge in [0.25, 0.3) is 0 Å². The third-order valence-corrected chi connectivity index (χ3v) is 6.11. The molecule has 30 heavy (non-hydrogen) atoms. The maximum absolute atomic E-state index is 12.2. The molecule has 0 aliphatic rings. The predicted molar refractivity (Wildman–Crippen MR) is 125 cm³/mol. The van der Waals surface area contributed by atoms with E-state index in [4.69, 9.17) is 9.47 Å². The number of thiazole rings is 1. The maximum atomic E-state index is 12.2. The number of aromatic nitrogens is 1. The third-order valence-electron chi connectivity index (χ3n) is 4.25. The largest absolute Gasteiger partial charge is 0.497 e. The SMILES string of the molecule is CCCOc1ccc(-c2csc(NC(=O)CCCSc3ccc(OC)cc3)n2)cc1. The second-order valence-electron chi connectivity index (χ2n) is 6.59. The molecule has 0 aliphatic carbocycles. The van der Waals surface area contributed by atoms with Crippen molar-refractivity contribution >= 4 is 34.1 Å². The fourth-order valence-corrected chi connectivity index (χ4v) is 4.27. The van der Waals surface area contributed by atoms with Crippen LogP contribution < -0.4 is 14.8 Å². The molecule has 158 valence electrons. The highest BCUT2D eigenvalue weighted by Gasteiger charge is 2.08. The van der Waals surface area contributed by atoms with Gasteiger partial charge in [-0.1, -0.05) is 6.92 Å². The number of ether oxygens (including phenoxy) is 2. The van der Waals surface area contributed by atoms with E-state index in [1.807, 2.05) is 53.9 Å². The average molecular weight is 443 g/mol. The molecule has 1 amide bonds. The Hall–Kier alpha value is -2.51. The van der Waals surface area contributed by atoms with E-state index < -0.39 is 0 Å². The maximum Gasteiger partial charge on any atom is 0.226 e. The number of amides is 1. The molecular formula is C23H26N2O3S2. The Kier molecular flexibility index (Phi) is 8.59. The van der Waals surface area contributed by atoms with Crippen molar-refractivity contribution in [2.75, 3.05) is 24.8 Å². The predicted octanol–water partition coefficient (Wildman–Crippen LogP) is 6.12. The van der Waals surface area contributed by atoms with Crippen molar-refractivity contribution in [3.05, 3.63) is 53.9 Å². The van der Waals surface area contributed by atoms with Crippen LogP contribution >= 0.6 is 23.1 Å². The minimum Gasteiger partial charge on any atom is -0.497 e. The van der Waals surface area contributed by atoms with E-state index in [0.717, 1.165) is 41.4 Å². The molecule has 3 aromatic rings. The highest BCUT2D eigenvalue weighted by Crippen LogP contribution is 2.27. The van der Waals surface area contributed by atoms with Crippen LogP contribution in [-0.2, 0) is 4.79 Å². The van der Waals surface area contributed by atoms with Crippen molar-refractivity contribution in [3.8, 4) is 22.8 Å². The number of rotatable bonds is 11. The summed E-state index contributed by atoms with van der Waals surface area (Å²) in [5.74, 6) is 2.59. The lowest BCUT2D eigenvalue weighted by Crippen LogP contribution is -2.11. The van der Waals surface area contributed by atoms with Crippen LogP contribution in [0.25, 0.3) is 11.3 Å². The molecule has 0 fully saturated rings. The topological polar surface area (TPSA) is 60.5 Å². The van der Waals surface area contributed by atoms with Gasteiger partial charge in [0.1, 0.15) is 11.5 Å². The second kappa shape index (κ2) is 11.6. The highest BCUT2D eigenvalue weighted by atomic mass is 32.2. The van der Waals surface area contributed by atoms with Crippen LogP contribution in [0.5, 0.6) is 11.5 Å². The lowest BCUT2D eigenvalue weighted by atomic mass is 10.2. The van der Waals surface area contributed by atoms with Gasteiger partial charge >= 0.3 is 0 Å². The summed E-state index contributed by atoms with van der Waals surface area (Å²) in [5, 5.41) is 5.49. The molecular weight excluding hydrogens is 416 g/mol. The molecule has 0 spiro atoms. The fourth-order valence-electron chi connectivity index (χ4n) is 2.68. The van der Waals surface area contributed by atoms with Crippen LogP contribution in [0.15, 0.2) is 58.8 Å². The Morgan fingerprint density at radius 2 is 1.83 bits per heavy atom. The van der Waals surface area contributed by atoms with Gasteiger partial charge in [-0.3, -0.25) is 4.79 Å². The van der Waals surface area contributed by atoms with E-state index in [1.54, 1.807) is 18.9 Å². The zero-order valence-electron chi connectivity index (χ0n) is 17.2. The summed E-state index contributed by atoms with van der Waals surface area (Å²) < 4.78 is 10.8. The lowest BCUT2D eigenvalue weighted by molar-refractivity contribution is -0.116. The Bertz CT molecular complexity index is 924. The minimum atomic E-state index is -0.00505. The van der Waals surface area contributed by atoms with Crippen LogP contribution in [0, 0.1) is 0 Å². The average Bonchev–Trinajstić information content (AvgIpc) is 3.24. The molecule has 0 bridgehead atoms. The first-order chi connectivity index (χ1) is 14.7. The number of hydrogen-bond acceptors (Lipinski definition) is 6. The normalized spacial score (nSPS) is 10.6. The van der Waals surface area contributed by atoms with Gasteiger partial charge in [0, 0.05) is 22.3 Å². The summed E-state index contributed by atoms with van der Waals surface area (Å²) in [6.45, 7) is 2.80. The molecule has 7 heteroatoms. The van der Waals surface area contributed by atoms with Crippen molar-refractivity contribution in [3.63, 3.8) is 0 Å². The number of nitrogens with one attached hydrogen (secondary N) is 1. The Morgan fingerprint density at radius 1 is 1.10 bits per heavy atom. The second-order valence-corrected chi connectivity index (χ2v) is 8.61. The molecule has 3 rings (SSSR count). The van der Waals surface area contributed by atoms with Crippen LogP contribution in [0.1, 0.15) is 26.2 Å². The van der Waals surface area contributed by atoms with Crippen LogP contribution in [-0.4, -0.2) is 30.4 Å². The molecule has 1 aromatic heterocycles. The van der Waals surface area contributed by atoms with Gasteiger partial charge in [-0.25, -0.2) is 4.98 Å². The van der Waals surface area contributed by atoms with Crippen molar-refractivity contribution in [1.82, 2.24) is 4.98 Å². The molecule has 0 aliphatic heterocycles. The van der Waals surface area contributed by atoms with Gasteiger partial charge in [-0.05, 0) is 67.1 Å². The Labute approximate surface area is 185 Å². The van der Waals surface area contributed by atoms with Gasteiger partial charge in [-0.2, -0.15) is 0 Å². The highest BCUT2D eigenvalue weighted by molar-refractivity contribution is 7.99. The van der Waals surface area contributed by atoms with Crippen molar-refractivity contribution < 1.29 is 14.3 Å². The van der Waals surface area contributed by atoms with E-state index in [-0.39, 0.29) is 5.91 Å². The van der Waals surface area contributed by atoms with Gasteiger partial charge < -0.3 is 14.8 Å². The zero-order valence-corrected chi connectivity index (χ0v) is 18.9. The molecule has 0 unspecified atom stereocenters. The number of carbonyl (C=O) groups excluding carboxylic acids is 1. The molecule has 0 saturated carbocycles. The standard InChI is InChI=1S/C23H26N2O3S2/c1-3-14-28-19-8-6-17(7-9-19)21-16-30-23(24-21)25-22(26)5-4-15-29-20-12-10-18(27-2)11-13-20/h6-13,16H,3-5,14-15H2,1-2H3,(H,24,25,26). The summed E-state index contributed by atoms with van der Waals surface area (Å²) in [5.41, 5.74) is 1.86. The third kappa shape index (κ3) is 6.78. The monoisotopic (exact) mass is 442 g/mol. The molecule has 0 radical (unpaired) electrons. The number of thioether (sulfide) groups is 1. The van der Waals surface area contributed by atoms with Crippen molar-refractivity contribution in [1.29, 1.82) is 0 Å². The Morgan fingerprint density at radius 3 is 2.53 bits per heavy atom. The summed E-state index contributed by atoms with van der Waals surface area (Å²) in [4.78, 5) is 17.9. The molecule has 2 aromatic carbocycles. The van der Waals surface area contributed by atoms with E-state index in [0.29, 0.717) is 18.2 Å². The number of benzene rings is 2. The number of carbonyl (C=O) groups is 1. The summed E-state index contributed by atoms with van der Waals surface area (Å²) in [6.07, 6.45) is 2.26. The molecule has 1 heterocycles.